The van der Waals surface area contributed by atoms with E-state index in [1.165, 1.54) is 18.6 Å². The van der Waals surface area contributed by atoms with Gasteiger partial charge in [-0.25, -0.2) is 4.39 Å². The molecule has 1 saturated heterocycles. The molecule has 0 aromatic heterocycles. The number of benzene rings is 1. The van der Waals surface area contributed by atoms with Crippen LogP contribution in [0.1, 0.15) is 55.3 Å². The van der Waals surface area contributed by atoms with Crippen LogP contribution in [0.2, 0.25) is 0 Å². The second-order valence-corrected chi connectivity index (χ2v) is 7.95. The molecule has 0 unspecified atom stereocenters. The highest BCUT2D eigenvalue weighted by molar-refractivity contribution is 5.94. The number of amides is 2. The van der Waals surface area contributed by atoms with E-state index in [0.29, 0.717) is 45.6 Å². The Hall–Kier alpha value is -1.95. The molecule has 2 amide bonds. The lowest BCUT2D eigenvalue weighted by Crippen LogP contribution is -2.42. The zero-order valence-corrected chi connectivity index (χ0v) is 16.0. The van der Waals surface area contributed by atoms with Gasteiger partial charge in [0.1, 0.15) is 5.82 Å². The fourth-order valence-electron chi connectivity index (χ4n) is 4.36. The SMILES string of the molecule is NCC1(CC(=O)N2CCCN(C(=O)c3ccccc3F)CC2)CCCCC1. The van der Waals surface area contributed by atoms with E-state index >= 15 is 0 Å². The van der Waals surface area contributed by atoms with Crippen LogP contribution in [0.15, 0.2) is 24.3 Å². The van der Waals surface area contributed by atoms with E-state index in [1.54, 1.807) is 17.0 Å². The highest BCUT2D eigenvalue weighted by Crippen LogP contribution is 2.38. The maximum atomic E-state index is 13.9. The summed E-state index contributed by atoms with van der Waals surface area (Å²) in [5.41, 5.74) is 6.08. The van der Waals surface area contributed by atoms with Crippen LogP contribution in [0.4, 0.5) is 4.39 Å². The molecule has 5 nitrogen and oxygen atoms in total. The lowest BCUT2D eigenvalue weighted by molar-refractivity contribution is -0.134. The molecule has 0 radical (unpaired) electrons. The van der Waals surface area contributed by atoms with Gasteiger partial charge in [0.15, 0.2) is 0 Å². The molecular formula is C21H30FN3O2. The third-order valence-corrected chi connectivity index (χ3v) is 6.11. The summed E-state index contributed by atoms with van der Waals surface area (Å²) < 4.78 is 13.9. The van der Waals surface area contributed by atoms with Gasteiger partial charge in [0.2, 0.25) is 5.91 Å². The second kappa shape index (κ2) is 8.83. The van der Waals surface area contributed by atoms with E-state index in [-0.39, 0.29) is 22.8 Å². The molecule has 148 valence electrons. The number of hydrogen-bond acceptors (Lipinski definition) is 3. The summed E-state index contributed by atoms with van der Waals surface area (Å²) in [6, 6.07) is 6.06. The molecule has 0 atom stereocenters. The molecule has 0 spiro atoms. The van der Waals surface area contributed by atoms with Gasteiger partial charge >= 0.3 is 0 Å². The van der Waals surface area contributed by atoms with Crippen molar-refractivity contribution in [1.29, 1.82) is 0 Å². The third-order valence-electron chi connectivity index (χ3n) is 6.11. The summed E-state index contributed by atoms with van der Waals surface area (Å²) in [5, 5.41) is 0. The van der Waals surface area contributed by atoms with Crippen LogP contribution in [-0.2, 0) is 4.79 Å². The third kappa shape index (κ3) is 4.67. The minimum absolute atomic E-state index is 0.0513. The fraction of sp³-hybridized carbons (Fsp3) is 0.619. The van der Waals surface area contributed by atoms with Gasteiger partial charge < -0.3 is 15.5 Å². The van der Waals surface area contributed by atoms with Crippen molar-refractivity contribution in [3.63, 3.8) is 0 Å². The largest absolute Gasteiger partial charge is 0.341 e. The van der Waals surface area contributed by atoms with E-state index in [9.17, 15) is 14.0 Å². The van der Waals surface area contributed by atoms with Crippen LogP contribution in [0.5, 0.6) is 0 Å². The van der Waals surface area contributed by atoms with Crippen LogP contribution < -0.4 is 5.73 Å². The Morgan fingerprint density at radius 2 is 1.63 bits per heavy atom. The number of carbonyl (C=O) groups is 2. The molecule has 2 N–H and O–H groups in total. The molecule has 1 saturated carbocycles. The summed E-state index contributed by atoms with van der Waals surface area (Å²) in [4.78, 5) is 29.0. The minimum Gasteiger partial charge on any atom is -0.341 e. The molecule has 1 aliphatic carbocycles. The van der Waals surface area contributed by atoms with E-state index in [2.05, 4.69) is 0 Å². The summed E-state index contributed by atoms with van der Waals surface area (Å²) in [6.07, 6.45) is 6.80. The van der Waals surface area contributed by atoms with Gasteiger partial charge in [0.05, 0.1) is 5.56 Å². The van der Waals surface area contributed by atoms with E-state index in [0.717, 1.165) is 25.7 Å². The molecule has 1 aromatic carbocycles. The number of carbonyl (C=O) groups excluding carboxylic acids is 2. The Morgan fingerprint density at radius 1 is 0.963 bits per heavy atom. The number of hydrogen-bond donors (Lipinski definition) is 1. The number of nitrogens with zero attached hydrogens (tertiary/aromatic N) is 2. The summed E-state index contributed by atoms with van der Waals surface area (Å²) in [5.74, 6) is -0.655. The van der Waals surface area contributed by atoms with Crippen LogP contribution in [0, 0.1) is 11.2 Å². The molecule has 3 rings (SSSR count). The quantitative estimate of drug-likeness (QED) is 0.880. The van der Waals surface area contributed by atoms with Gasteiger partial charge in [0, 0.05) is 32.6 Å². The average molecular weight is 375 g/mol. The minimum atomic E-state index is -0.498. The van der Waals surface area contributed by atoms with Crippen molar-refractivity contribution < 1.29 is 14.0 Å². The molecule has 1 heterocycles. The lowest BCUT2D eigenvalue weighted by atomic mass is 9.71. The number of halogens is 1. The fourth-order valence-corrected chi connectivity index (χ4v) is 4.36. The van der Waals surface area contributed by atoms with Gasteiger partial charge in [0.25, 0.3) is 5.91 Å². The van der Waals surface area contributed by atoms with Gasteiger partial charge in [-0.3, -0.25) is 9.59 Å². The highest BCUT2D eigenvalue weighted by Gasteiger charge is 2.35. The smallest absolute Gasteiger partial charge is 0.256 e. The average Bonchev–Trinajstić information content (AvgIpc) is 2.95. The van der Waals surface area contributed by atoms with E-state index in [4.69, 9.17) is 5.73 Å². The van der Waals surface area contributed by atoms with Crippen LogP contribution >= 0.6 is 0 Å². The molecule has 1 aliphatic heterocycles. The standard InChI is InChI=1S/C21H30FN3O2/c22-18-8-3-2-7-17(18)20(27)25-12-6-11-24(13-14-25)19(26)15-21(16-23)9-4-1-5-10-21/h2-3,7-8H,1,4-6,9-16,23H2. The van der Waals surface area contributed by atoms with Crippen LogP contribution in [0.25, 0.3) is 0 Å². The van der Waals surface area contributed by atoms with Gasteiger partial charge in [-0.15, -0.1) is 0 Å². The topological polar surface area (TPSA) is 66.6 Å². The number of nitrogens with two attached hydrogens (primary N) is 1. The summed E-state index contributed by atoms with van der Waals surface area (Å²) in [7, 11) is 0. The van der Waals surface area contributed by atoms with Crippen molar-refractivity contribution in [2.45, 2.75) is 44.9 Å². The van der Waals surface area contributed by atoms with Crippen molar-refractivity contribution in [2.24, 2.45) is 11.1 Å². The van der Waals surface area contributed by atoms with E-state index < -0.39 is 5.82 Å². The van der Waals surface area contributed by atoms with E-state index in [1.807, 2.05) is 4.90 Å². The first-order valence-electron chi connectivity index (χ1n) is 10.1. The predicted molar refractivity (Wildman–Crippen MR) is 103 cm³/mol. The molecule has 27 heavy (non-hydrogen) atoms. The van der Waals surface area contributed by atoms with Crippen molar-refractivity contribution in [2.75, 3.05) is 32.7 Å². The molecular weight excluding hydrogens is 345 g/mol. The van der Waals surface area contributed by atoms with Crippen molar-refractivity contribution in [3.8, 4) is 0 Å². The molecule has 0 bridgehead atoms. The molecule has 1 aromatic rings. The Kier molecular flexibility index (Phi) is 6.47. The zero-order valence-electron chi connectivity index (χ0n) is 16.0. The normalized spacial score (nSPS) is 20.2. The van der Waals surface area contributed by atoms with Gasteiger partial charge in [-0.1, -0.05) is 31.4 Å². The summed E-state index contributed by atoms with van der Waals surface area (Å²) >= 11 is 0. The lowest BCUT2D eigenvalue weighted by Gasteiger charge is -2.37. The maximum Gasteiger partial charge on any atom is 0.256 e. The van der Waals surface area contributed by atoms with Crippen molar-refractivity contribution in [1.82, 2.24) is 9.80 Å². The van der Waals surface area contributed by atoms with Gasteiger partial charge in [-0.05, 0) is 43.4 Å². The zero-order chi connectivity index (χ0) is 19.3. The summed E-state index contributed by atoms with van der Waals surface area (Å²) in [6.45, 7) is 2.68. The van der Waals surface area contributed by atoms with Crippen molar-refractivity contribution in [3.05, 3.63) is 35.6 Å². The molecule has 2 fully saturated rings. The molecule has 2 aliphatic rings. The van der Waals surface area contributed by atoms with Gasteiger partial charge in [-0.2, -0.15) is 0 Å². The first-order valence-corrected chi connectivity index (χ1v) is 10.1. The first kappa shape index (κ1) is 19.8. The maximum absolute atomic E-state index is 13.9. The Bertz CT molecular complexity index is 673. The Balaban J connectivity index is 1.60. The highest BCUT2D eigenvalue weighted by atomic mass is 19.1. The van der Waals surface area contributed by atoms with Crippen LogP contribution in [0.3, 0.4) is 0 Å². The first-order chi connectivity index (χ1) is 13.0. The Morgan fingerprint density at radius 3 is 2.33 bits per heavy atom. The Labute approximate surface area is 160 Å². The van der Waals surface area contributed by atoms with Crippen LogP contribution in [-0.4, -0.2) is 54.3 Å². The predicted octanol–water partition coefficient (Wildman–Crippen LogP) is 2.80. The number of rotatable bonds is 4. The second-order valence-electron chi connectivity index (χ2n) is 7.95. The monoisotopic (exact) mass is 375 g/mol. The molecule has 6 heteroatoms. The van der Waals surface area contributed by atoms with Crippen molar-refractivity contribution >= 4 is 11.8 Å².